The van der Waals surface area contributed by atoms with Crippen LogP contribution in [-0.4, -0.2) is 39.5 Å². The molecule has 0 spiro atoms. The third-order valence-electron chi connectivity index (χ3n) is 8.79. The van der Waals surface area contributed by atoms with Gasteiger partial charge in [-0.1, -0.05) is 67.6 Å². The van der Waals surface area contributed by atoms with Crippen LogP contribution in [0.15, 0.2) is 102 Å². The zero-order valence-corrected chi connectivity index (χ0v) is 23.4. The van der Waals surface area contributed by atoms with Crippen molar-refractivity contribution in [3.8, 4) is 0 Å². The van der Waals surface area contributed by atoms with Crippen molar-refractivity contribution in [3.05, 3.63) is 103 Å². The van der Waals surface area contributed by atoms with E-state index in [2.05, 4.69) is 63.9 Å². The lowest BCUT2D eigenvalue weighted by molar-refractivity contribution is 0.0299. The molecule has 0 unspecified atom stereocenters. The first-order chi connectivity index (χ1) is 18.9. The molecule has 1 N–H and O–H groups in total. The van der Waals surface area contributed by atoms with E-state index in [1.807, 2.05) is 42.5 Å². The lowest BCUT2D eigenvalue weighted by atomic mass is 9.71. The number of benzene rings is 4. The number of hydrogen-bond acceptors (Lipinski definition) is 4. The van der Waals surface area contributed by atoms with E-state index in [1.54, 1.807) is 12.1 Å². The van der Waals surface area contributed by atoms with Crippen LogP contribution >= 0.6 is 0 Å². The Bertz CT molecular complexity index is 1540. The molecule has 1 saturated carbocycles. The highest BCUT2D eigenvalue weighted by Gasteiger charge is 2.42. The second-order valence-corrected chi connectivity index (χ2v) is 12.9. The Balaban J connectivity index is 1.26. The molecule has 6 rings (SSSR count). The van der Waals surface area contributed by atoms with E-state index in [-0.39, 0.29) is 10.4 Å². The van der Waals surface area contributed by atoms with Crippen LogP contribution in [0.2, 0.25) is 0 Å². The van der Waals surface area contributed by atoms with Crippen molar-refractivity contribution in [2.24, 2.45) is 5.92 Å². The van der Waals surface area contributed by atoms with Gasteiger partial charge in [-0.3, -0.25) is 9.62 Å². The lowest BCUT2D eigenvalue weighted by Gasteiger charge is -2.51. The highest BCUT2D eigenvalue weighted by molar-refractivity contribution is 7.92. The molecule has 4 aromatic rings. The average molecular weight is 540 g/mol. The van der Waals surface area contributed by atoms with Crippen molar-refractivity contribution < 1.29 is 8.42 Å². The SMILES string of the molecule is C[C@H]1CC[C@](c2cccc(NS(=O)(=O)c3ccc4ccccc4c3)c2)(N2CCN(c3ccccc3)CC2)CC1. The molecule has 6 heteroatoms. The Hall–Kier alpha value is -3.35. The third kappa shape index (κ3) is 5.28. The van der Waals surface area contributed by atoms with Crippen LogP contribution in [0.5, 0.6) is 0 Å². The van der Waals surface area contributed by atoms with Gasteiger partial charge in [0.25, 0.3) is 10.0 Å². The van der Waals surface area contributed by atoms with Crippen molar-refractivity contribution in [1.82, 2.24) is 4.90 Å². The van der Waals surface area contributed by atoms with Gasteiger partial charge >= 0.3 is 0 Å². The fourth-order valence-electron chi connectivity index (χ4n) is 6.48. The van der Waals surface area contributed by atoms with E-state index >= 15 is 0 Å². The summed E-state index contributed by atoms with van der Waals surface area (Å²) < 4.78 is 29.7. The van der Waals surface area contributed by atoms with E-state index in [4.69, 9.17) is 0 Å². The molecule has 2 fully saturated rings. The zero-order chi connectivity index (χ0) is 26.9. The number of anilines is 2. The second-order valence-electron chi connectivity index (χ2n) is 11.2. The smallest absolute Gasteiger partial charge is 0.261 e. The maximum absolute atomic E-state index is 13.4. The van der Waals surface area contributed by atoms with Crippen LogP contribution in [0.25, 0.3) is 10.8 Å². The summed E-state index contributed by atoms with van der Waals surface area (Å²) in [6.45, 7) is 6.34. The van der Waals surface area contributed by atoms with E-state index in [0.29, 0.717) is 5.69 Å². The molecule has 0 atom stereocenters. The molecule has 1 aliphatic carbocycles. The number of piperazine rings is 1. The molecule has 0 bridgehead atoms. The maximum atomic E-state index is 13.4. The second kappa shape index (κ2) is 10.7. The predicted octanol–water partition coefficient (Wildman–Crippen LogP) is 6.87. The van der Waals surface area contributed by atoms with Crippen molar-refractivity contribution in [2.45, 2.75) is 43.0 Å². The summed E-state index contributed by atoms with van der Waals surface area (Å²) in [5, 5.41) is 1.94. The van der Waals surface area contributed by atoms with Crippen LogP contribution in [0.3, 0.4) is 0 Å². The average Bonchev–Trinajstić information content (AvgIpc) is 2.98. The minimum atomic E-state index is -3.71. The van der Waals surface area contributed by atoms with Gasteiger partial charge in [0.2, 0.25) is 0 Å². The van der Waals surface area contributed by atoms with Gasteiger partial charge in [-0.2, -0.15) is 0 Å². The molecule has 2 aliphatic rings. The molecule has 39 heavy (non-hydrogen) atoms. The van der Waals surface area contributed by atoms with Crippen molar-refractivity contribution in [1.29, 1.82) is 0 Å². The summed E-state index contributed by atoms with van der Waals surface area (Å²) in [5.74, 6) is 0.721. The molecule has 5 nitrogen and oxygen atoms in total. The monoisotopic (exact) mass is 539 g/mol. The molecule has 1 aliphatic heterocycles. The summed E-state index contributed by atoms with van der Waals surface area (Å²) in [4.78, 5) is 5.43. The van der Waals surface area contributed by atoms with Crippen molar-refractivity contribution >= 4 is 32.2 Å². The van der Waals surface area contributed by atoms with Crippen LogP contribution < -0.4 is 9.62 Å². The van der Waals surface area contributed by atoms with Gasteiger partial charge in [0.15, 0.2) is 0 Å². The van der Waals surface area contributed by atoms with E-state index in [9.17, 15) is 8.42 Å². The van der Waals surface area contributed by atoms with Crippen LogP contribution in [0.1, 0.15) is 38.2 Å². The summed E-state index contributed by atoms with van der Waals surface area (Å²) in [5.41, 5.74) is 3.07. The largest absolute Gasteiger partial charge is 0.369 e. The zero-order valence-electron chi connectivity index (χ0n) is 22.6. The third-order valence-corrected chi connectivity index (χ3v) is 10.2. The standard InChI is InChI=1S/C33H37N3O2S/c1-26-16-18-33(19-17-26,36-22-20-35(21-23-36)31-12-3-2-4-13-31)29-10-7-11-30(25-29)34-39(37,38)32-15-14-27-8-5-6-9-28(27)24-32/h2-15,24-26,34H,16-23H2,1H3/t26-,33-. The Labute approximate surface area is 232 Å². The highest BCUT2D eigenvalue weighted by atomic mass is 32.2. The number of nitrogens with zero attached hydrogens (tertiary/aromatic N) is 2. The van der Waals surface area contributed by atoms with Gasteiger partial charge < -0.3 is 4.90 Å². The minimum Gasteiger partial charge on any atom is -0.369 e. The molecule has 0 amide bonds. The summed E-state index contributed by atoms with van der Waals surface area (Å²) >= 11 is 0. The maximum Gasteiger partial charge on any atom is 0.261 e. The Morgan fingerprint density at radius 2 is 1.44 bits per heavy atom. The number of rotatable bonds is 6. The van der Waals surface area contributed by atoms with Gasteiger partial charge in [-0.25, -0.2) is 8.42 Å². The first kappa shape index (κ1) is 25.9. The molecular formula is C33H37N3O2S. The summed E-state index contributed by atoms with van der Waals surface area (Å²) in [6, 6.07) is 32.0. The molecule has 0 aromatic heterocycles. The Kier molecular flexibility index (Phi) is 7.08. The minimum absolute atomic E-state index is 0.0698. The number of fused-ring (bicyclic) bond motifs is 1. The van der Waals surface area contributed by atoms with Crippen LogP contribution in [0, 0.1) is 5.92 Å². The van der Waals surface area contributed by atoms with Gasteiger partial charge in [-0.05, 0) is 84.3 Å². The van der Waals surface area contributed by atoms with Gasteiger partial charge in [0.1, 0.15) is 0 Å². The molecule has 4 aromatic carbocycles. The van der Waals surface area contributed by atoms with Gasteiger partial charge in [0, 0.05) is 43.1 Å². The quantitative estimate of drug-likeness (QED) is 0.291. The summed E-state index contributed by atoms with van der Waals surface area (Å²) in [6.07, 6.45) is 4.57. The summed E-state index contributed by atoms with van der Waals surface area (Å²) in [7, 11) is -3.71. The number of nitrogens with one attached hydrogen (secondary N) is 1. The van der Waals surface area contributed by atoms with E-state index in [0.717, 1.165) is 55.7 Å². The number of hydrogen-bond donors (Lipinski definition) is 1. The molecule has 0 radical (unpaired) electrons. The normalized spacial score (nSPS) is 22.6. The Morgan fingerprint density at radius 1 is 0.744 bits per heavy atom. The van der Waals surface area contributed by atoms with E-state index in [1.165, 1.54) is 24.1 Å². The first-order valence-electron chi connectivity index (χ1n) is 14.1. The molecule has 1 saturated heterocycles. The highest BCUT2D eigenvalue weighted by Crippen LogP contribution is 2.45. The van der Waals surface area contributed by atoms with E-state index < -0.39 is 10.0 Å². The lowest BCUT2D eigenvalue weighted by Crippen LogP contribution is -2.56. The predicted molar refractivity (Wildman–Crippen MR) is 161 cm³/mol. The fraction of sp³-hybridized carbons (Fsp3) is 0.333. The molecular weight excluding hydrogens is 502 g/mol. The Morgan fingerprint density at radius 3 is 2.18 bits per heavy atom. The fourth-order valence-corrected chi connectivity index (χ4v) is 7.56. The van der Waals surface area contributed by atoms with Crippen LogP contribution in [-0.2, 0) is 15.6 Å². The van der Waals surface area contributed by atoms with Gasteiger partial charge in [0.05, 0.1) is 4.90 Å². The first-order valence-corrected chi connectivity index (χ1v) is 15.6. The number of sulfonamides is 1. The van der Waals surface area contributed by atoms with Crippen molar-refractivity contribution in [2.75, 3.05) is 35.8 Å². The van der Waals surface area contributed by atoms with Gasteiger partial charge in [-0.15, -0.1) is 0 Å². The topological polar surface area (TPSA) is 52.7 Å². The molecule has 1 heterocycles. The van der Waals surface area contributed by atoms with Crippen molar-refractivity contribution in [3.63, 3.8) is 0 Å². The molecule has 202 valence electrons. The number of para-hydroxylation sites is 1. The van der Waals surface area contributed by atoms with Crippen LogP contribution in [0.4, 0.5) is 11.4 Å².